The Bertz CT molecular complexity index is 897. The Labute approximate surface area is 151 Å². The van der Waals surface area contributed by atoms with Crippen LogP contribution < -0.4 is 5.32 Å². The van der Waals surface area contributed by atoms with E-state index in [1.807, 2.05) is 24.4 Å². The molecule has 3 aromatic rings. The van der Waals surface area contributed by atoms with Crippen molar-refractivity contribution in [3.8, 4) is 0 Å². The molecule has 1 heterocycles. The van der Waals surface area contributed by atoms with Gasteiger partial charge in [-0.25, -0.2) is 0 Å². The van der Waals surface area contributed by atoms with Crippen molar-refractivity contribution in [3.63, 3.8) is 0 Å². The molecule has 3 rings (SSSR count). The number of carbonyl (C=O) groups excluding carboxylic acids is 1. The number of anilines is 1. The first-order chi connectivity index (χ1) is 12.1. The average Bonchev–Trinajstić information content (AvgIpc) is 3.03. The first-order valence-corrected chi connectivity index (χ1v) is 8.30. The van der Waals surface area contributed by atoms with Gasteiger partial charge in [0.2, 0.25) is 5.91 Å². The van der Waals surface area contributed by atoms with Gasteiger partial charge in [0.05, 0.1) is 6.54 Å². The predicted molar refractivity (Wildman–Crippen MR) is 102 cm³/mol. The molecule has 0 radical (unpaired) electrons. The highest BCUT2D eigenvalue weighted by molar-refractivity contribution is 6.32. The predicted octanol–water partition coefficient (Wildman–Crippen LogP) is 4.55. The summed E-state index contributed by atoms with van der Waals surface area (Å²) < 4.78 is 1.79. The zero-order valence-electron chi connectivity index (χ0n) is 13.8. The van der Waals surface area contributed by atoms with Gasteiger partial charge >= 0.3 is 0 Å². The van der Waals surface area contributed by atoms with E-state index in [2.05, 4.69) is 41.6 Å². The van der Waals surface area contributed by atoms with E-state index >= 15 is 0 Å². The Morgan fingerprint density at radius 1 is 1.16 bits per heavy atom. The van der Waals surface area contributed by atoms with Crippen molar-refractivity contribution in [1.29, 1.82) is 0 Å². The normalized spacial score (nSPS) is 11.0. The van der Waals surface area contributed by atoms with Crippen LogP contribution in [0.2, 0.25) is 5.02 Å². The second-order valence-electron chi connectivity index (χ2n) is 5.73. The molecular formula is C20H18ClN3O. The third-order valence-electron chi connectivity index (χ3n) is 3.68. The van der Waals surface area contributed by atoms with Crippen LogP contribution in [0.5, 0.6) is 0 Å². The van der Waals surface area contributed by atoms with E-state index in [4.69, 9.17) is 11.6 Å². The fourth-order valence-corrected chi connectivity index (χ4v) is 2.54. The number of halogens is 1. The van der Waals surface area contributed by atoms with Gasteiger partial charge < -0.3 is 5.32 Å². The Morgan fingerprint density at radius 3 is 2.68 bits per heavy atom. The van der Waals surface area contributed by atoms with E-state index in [9.17, 15) is 4.79 Å². The second kappa shape index (κ2) is 7.81. The van der Waals surface area contributed by atoms with E-state index in [-0.39, 0.29) is 5.91 Å². The summed E-state index contributed by atoms with van der Waals surface area (Å²) in [5, 5.41) is 7.72. The maximum Gasteiger partial charge on any atom is 0.249 e. The molecule has 1 aromatic heterocycles. The van der Waals surface area contributed by atoms with E-state index in [0.717, 1.165) is 11.1 Å². The third kappa shape index (κ3) is 4.81. The Balaban J connectivity index is 1.60. The first-order valence-electron chi connectivity index (χ1n) is 7.93. The largest absolute Gasteiger partial charge is 0.306 e. The number of rotatable bonds is 5. The highest BCUT2D eigenvalue weighted by atomic mass is 35.5. The van der Waals surface area contributed by atoms with Crippen molar-refractivity contribution in [2.45, 2.75) is 13.5 Å². The van der Waals surface area contributed by atoms with Crippen molar-refractivity contribution in [2.24, 2.45) is 0 Å². The highest BCUT2D eigenvalue weighted by Gasteiger charge is 2.03. The number of nitrogens with zero attached hydrogens (tertiary/aromatic N) is 2. The highest BCUT2D eigenvalue weighted by Crippen LogP contribution is 2.16. The van der Waals surface area contributed by atoms with Gasteiger partial charge in [0, 0.05) is 23.4 Å². The molecule has 0 atom stereocenters. The van der Waals surface area contributed by atoms with Crippen LogP contribution in [-0.4, -0.2) is 15.7 Å². The van der Waals surface area contributed by atoms with Crippen LogP contribution in [0.4, 0.5) is 5.82 Å². The van der Waals surface area contributed by atoms with Gasteiger partial charge in [-0.15, -0.1) is 0 Å². The average molecular weight is 352 g/mol. The van der Waals surface area contributed by atoms with Gasteiger partial charge in [-0.3, -0.25) is 9.48 Å². The molecule has 5 heteroatoms. The van der Waals surface area contributed by atoms with Gasteiger partial charge in [-0.1, -0.05) is 59.6 Å². The van der Waals surface area contributed by atoms with E-state index in [1.165, 1.54) is 11.6 Å². The van der Waals surface area contributed by atoms with Crippen LogP contribution in [0, 0.1) is 6.92 Å². The molecule has 0 saturated carbocycles. The maximum atomic E-state index is 12.0. The van der Waals surface area contributed by atoms with Crippen molar-refractivity contribution in [1.82, 2.24) is 9.78 Å². The van der Waals surface area contributed by atoms with Gasteiger partial charge in [0.15, 0.2) is 5.82 Å². The number of carbonyl (C=O) groups is 1. The molecule has 0 aliphatic carbocycles. The molecule has 25 heavy (non-hydrogen) atoms. The van der Waals surface area contributed by atoms with Crippen molar-refractivity contribution < 1.29 is 4.79 Å². The summed E-state index contributed by atoms with van der Waals surface area (Å²) >= 11 is 6.06. The molecule has 1 N–H and O–H groups in total. The standard InChI is InChI=1S/C20H18ClN3O/c1-15-6-8-16(9-7-15)14-24-13-12-19(23-24)22-20(25)11-10-17-4-2-3-5-18(17)21/h2-13H,14H2,1H3,(H,22,23,25)/b11-10+. The lowest BCUT2D eigenvalue weighted by atomic mass is 10.1. The van der Waals surface area contributed by atoms with Crippen LogP contribution in [0.15, 0.2) is 66.9 Å². The molecule has 0 fully saturated rings. The van der Waals surface area contributed by atoms with Crippen LogP contribution in [0.3, 0.4) is 0 Å². The Kier molecular flexibility index (Phi) is 5.31. The molecule has 0 spiro atoms. The zero-order valence-corrected chi connectivity index (χ0v) is 14.6. The molecule has 4 nitrogen and oxygen atoms in total. The summed E-state index contributed by atoms with van der Waals surface area (Å²) in [4.78, 5) is 12.0. The number of nitrogens with one attached hydrogen (secondary N) is 1. The summed E-state index contributed by atoms with van der Waals surface area (Å²) in [6, 6.07) is 17.4. The molecule has 0 unspecified atom stereocenters. The third-order valence-corrected chi connectivity index (χ3v) is 4.02. The summed E-state index contributed by atoms with van der Waals surface area (Å²) in [5.41, 5.74) is 3.18. The lowest BCUT2D eigenvalue weighted by Gasteiger charge is -2.02. The molecule has 1 amide bonds. The van der Waals surface area contributed by atoms with E-state index < -0.39 is 0 Å². The fraction of sp³-hybridized carbons (Fsp3) is 0.100. The van der Waals surface area contributed by atoms with Crippen LogP contribution in [0.25, 0.3) is 6.08 Å². The minimum atomic E-state index is -0.250. The lowest BCUT2D eigenvalue weighted by Crippen LogP contribution is -2.09. The van der Waals surface area contributed by atoms with Crippen LogP contribution in [-0.2, 0) is 11.3 Å². The SMILES string of the molecule is Cc1ccc(Cn2ccc(NC(=O)/C=C/c3ccccc3Cl)n2)cc1. The number of aryl methyl sites for hydroxylation is 1. The smallest absolute Gasteiger partial charge is 0.249 e. The number of hydrogen-bond donors (Lipinski definition) is 1. The van der Waals surface area contributed by atoms with Gasteiger partial charge in [-0.05, 0) is 30.2 Å². The van der Waals surface area contributed by atoms with Crippen LogP contribution in [0.1, 0.15) is 16.7 Å². The lowest BCUT2D eigenvalue weighted by molar-refractivity contribution is -0.111. The number of hydrogen-bond acceptors (Lipinski definition) is 2. The molecular weight excluding hydrogens is 334 g/mol. The monoisotopic (exact) mass is 351 g/mol. The summed E-state index contributed by atoms with van der Waals surface area (Å²) in [6.07, 6.45) is 4.97. The molecule has 2 aromatic carbocycles. The molecule has 0 aliphatic heterocycles. The minimum Gasteiger partial charge on any atom is -0.306 e. The minimum absolute atomic E-state index is 0.250. The number of aromatic nitrogens is 2. The van der Waals surface area contributed by atoms with Crippen molar-refractivity contribution >= 4 is 29.4 Å². The molecule has 0 aliphatic rings. The van der Waals surface area contributed by atoms with Crippen LogP contribution >= 0.6 is 11.6 Å². The topological polar surface area (TPSA) is 46.9 Å². The van der Waals surface area contributed by atoms with E-state index in [0.29, 0.717) is 17.4 Å². The second-order valence-corrected chi connectivity index (χ2v) is 6.14. The van der Waals surface area contributed by atoms with Gasteiger partial charge in [-0.2, -0.15) is 5.10 Å². The Morgan fingerprint density at radius 2 is 1.92 bits per heavy atom. The Hall–Kier alpha value is -2.85. The molecule has 0 bridgehead atoms. The fourth-order valence-electron chi connectivity index (χ4n) is 2.34. The van der Waals surface area contributed by atoms with Gasteiger partial charge in [0.25, 0.3) is 0 Å². The number of amides is 1. The zero-order chi connectivity index (χ0) is 17.6. The maximum absolute atomic E-state index is 12.0. The van der Waals surface area contributed by atoms with E-state index in [1.54, 1.807) is 22.9 Å². The molecule has 126 valence electrons. The summed E-state index contributed by atoms with van der Waals surface area (Å²) in [7, 11) is 0. The summed E-state index contributed by atoms with van der Waals surface area (Å²) in [6.45, 7) is 2.72. The van der Waals surface area contributed by atoms with Crippen molar-refractivity contribution in [2.75, 3.05) is 5.32 Å². The quantitative estimate of drug-likeness (QED) is 0.686. The van der Waals surface area contributed by atoms with Crippen molar-refractivity contribution in [3.05, 3.63) is 88.6 Å². The number of benzene rings is 2. The summed E-state index contributed by atoms with van der Waals surface area (Å²) in [5.74, 6) is 0.265. The molecule has 0 saturated heterocycles. The van der Waals surface area contributed by atoms with Gasteiger partial charge in [0.1, 0.15) is 0 Å². The first kappa shape index (κ1) is 17.0.